The van der Waals surface area contributed by atoms with E-state index in [2.05, 4.69) is 11.1 Å². The third-order valence-corrected chi connectivity index (χ3v) is 1.76. The van der Waals surface area contributed by atoms with E-state index in [-0.39, 0.29) is 0 Å². The molecule has 1 fully saturated rings. The molecule has 0 aromatic carbocycles. The summed E-state index contributed by atoms with van der Waals surface area (Å²) in [5, 5.41) is 3.41. The summed E-state index contributed by atoms with van der Waals surface area (Å²) in [6.45, 7) is 2.26. The van der Waals surface area contributed by atoms with E-state index in [0.717, 1.165) is 12.6 Å². The highest BCUT2D eigenvalue weighted by Crippen LogP contribution is 2.03. The summed E-state index contributed by atoms with van der Waals surface area (Å²) in [5.41, 5.74) is 3.85. The van der Waals surface area contributed by atoms with E-state index in [0.29, 0.717) is 0 Å². The summed E-state index contributed by atoms with van der Waals surface area (Å²) in [6.07, 6.45) is 4.09. The zero-order valence-corrected chi connectivity index (χ0v) is 5.32. The van der Waals surface area contributed by atoms with Crippen molar-refractivity contribution < 1.29 is 5.73 Å². The van der Waals surface area contributed by atoms with Gasteiger partial charge in [-0.25, -0.2) is 0 Å². The van der Waals surface area contributed by atoms with Crippen LogP contribution in [0.15, 0.2) is 0 Å². The second kappa shape index (κ2) is 3.05. The van der Waals surface area contributed by atoms with Gasteiger partial charge in [-0.1, -0.05) is 6.42 Å². The number of hydrogen-bond donors (Lipinski definition) is 2. The Hall–Kier alpha value is -0.0800. The first-order valence-electron chi connectivity index (χ1n) is 3.46. The zero-order valence-electron chi connectivity index (χ0n) is 5.32. The van der Waals surface area contributed by atoms with Crippen LogP contribution in [-0.4, -0.2) is 19.1 Å². The fraction of sp³-hybridized carbons (Fsp3) is 1.00. The van der Waals surface area contributed by atoms with Gasteiger partial charge in [0, 0.05) is 0 Å². The smallest absolute Gasteiger partial charge is 0.0895 e. The Balaban J connectivity index is 2.13. The van der Waals surface area contributed by atoms with Crippen molar-refractivity contribution in [2.24, 2.45) is 0 Å². The van der Waals surface area contributed by atoms with Gasteiger partial charge in [0.05, 0.1) is 12.6 Å². The molecule has 1 heterocycles. The second-order valence-electron chi connectivity index (χ2n) is 2.44. The van der Waals surface area contributed by atoms with Crippen LogP contribution in [0.3, 0.4) is 0 Å². The highest BCUT2D eigenvalue weighted by atomic mass is 14.9. The molecule has 8 heavy (non-hydrogen) atoms. The Morgan fingerprint density at radius 2 is 2.38 bits per heavy atom. The van der Waals surface area contributed by atoms with Gasteiger partial charge in [-0.15, -0.1) is 0 Å². The Morgan fingerprint density at radius 1 is 1.50 bits per heavy atom. The van der Waals surface area contributed by atoms with E-state index in [4.69, 9.17) is 0 Å². The fourth-order valence-electron chi connectivity index (χ4n) is 1.17. The lowest BCUT2D eigenvalue weighted by Gasteiger charge is -2.19. The lowest BCUT2D eigenvalue weighted by molar-refractivity contribution is -0.373. The van der Waals surface area contributed by atoms with Gasteiger partial charge in [0.1, 0.15) is 0 Å². The van der Waals surface area contributed by atoms with Gasteiger partial charge in [0.25, 0.3) is 0 Å². The number of rotatable bonds is 1. The standard InChI is InChI=1S/C6H14N2/c7-5-6-3-1-2-4-8-6/h6,8H,1-5,7H2/p+1. The van der Waals surface area contributed by atoms with Gasteiger partial charge < -0.3 is 11.1 Å². The first kappa shape index (κ1) is 6.05. The minimum absolute atomic E-state index is 0.726. The molecule has 1 aliphatic heterocycles. The number of quaternary nitrogens is 1. The molecule has 4 N–H and O–H groups in total. The van der Waals surface area contributed by atoms with E-state index < -0.39 is 0 Å². The molecule has 0 bridgehead atoms. The predicted molar refractivity (Wildman–Crippen MR) is 33.4 cm³/mol. The molecule has 1 atom stereocenters. The molecule has 0 aromatic rings. The van der Waals surface area contributed by atoms with Gasteiger partial charge in [-0.05, 0) is 19.4 Å². The second-order valence-corrected chi connectivity index (χ2v) is 2.44. The molecule has 2 nitrogen and oxygen atoms in total. The molecule has 1 saturated heterocycles. The summed E-state index contributed by atoms with van der Waals surface area (Å²) < 4.78 is 0. The van der Waals surface area contributed by atoms with E-state index in [9.17, 15) is 0 Å². The summed E-state index contributed by atoms with van der Waals surface area (Å²) in [6, 6.07) is 0.726. The lowest BCUT2D eigenvalue weighted by atomic mass is 10.1. The maximum atomic E-state index is 3.85. The largest absolute Gasteiger partial charge is 0.356 e. The predicted octanol–water partition coefficient (Wildman–Crippen LogP) is -0.630. The van der Waals surface area contributed by atoms with Crippen LogP contribution in [0, 0.1) is 0 Å². The lowest BCUT2D eigenvalue weighted by Crippen LogP contribution is -2.60. The summed E-state index contributed by atoms with van der Waals surface area (Å²) >= 11 is 0. The van der Waals surface area contributed by atoms with Gasteiger partial charge in [-0.3, -0.25) is 0 Å². The van der Waals surface area contributed by atoms with Crippen molar-refractivity contribution in [1.29, 1.82) is 0 Å². The molecule has 1 unspecified atom stereocenters. The highest BCUT2D eigenvalue weighted by molar-refractivity contribution is 4.69. The van der Waals surface area contributed by atoms with Crippen LogP contribution in [-0.2, 0) is 0 Å². The minimum atomic E-state index is 0.726. The SMILES string of the molecule is [NH3+]CC1CCCCN1. The quantitative estimate of drug-likeness (QED) is 0.469. The third-order valence-electron chi connectivity index (χ3n) is 1.76. The van der Waals surface area contributed by atoms with Gasteiger partial charge in [-0.2, -0.15) is 0 Å². The van der Waals surface area contributed by atoms with Crippen molar-refractivity contribution in [2.75, 3.05) is 13.1 Å². The van der Waals surface area contributed by atoms with Crippen LogP contribution in [0.1, 0.15) is 19.3 Å². The number of piperidine rings is 1. The first-order chi connectivity index (χ1) is 3.93. The molecule has 0 radical (unpaired) electrons. The average molecular weight is 115 g/mol. The molecule has 0 aromatic heterocycles. The van der Waals surface area contributed by atoms with E-state index in [1.54, 1.807) is 0 Å². The maximum absolute atomic E-state index is 3.85. The monoisotopic (exact) mass is 115 g/mol. The molecule has 1 rings (SSSR count). The van der Waals surface area contributed by atoms with Gasteiger partial charge >= 0.3 is 0 Å². The number of nitrogens with one attached hydrogen (secondary N) is 1. The van der Waals surface area contributed by atoms with Crippen LogP contribution in [0.5, 0.6) is 0 Å². The Kier molecular flexibility index (Phi) is 2.30. The molecule has 2 heteroatoms. The number of hydrogen-bond acceptors (Lipinski definition) is 1. The molecule has 0 saturated carbocycles. The van der Waals surface area contributed by atoms with Gasteiger partial charge in [0.2, 0.25) is 0 Å². The molecule has 0 aliphatic carbocycles. The maximum Gasteiger partial charge on any atom is 0.0895 e. The van der Waals surface area contributed by atoms with E-state index in [1.807, 2.05) is 0 Å². The van der Waals surface area contributed by atoms with Crippen LogP contribution < -0.4 is 11.1 Å². The average Bonchev–Trinajstić information content (AvgIpc) is 1.90. The van der Waals surface area contributed by atoms with E-state index >= 15 is 0 Å². The zero-order chi connectivity index (χ0) is 5.82. The van der Waals surface area contributed by atoms with Crippen molar-refractivity contribution in [2.45, 2.75) is 25.3 Å². The molecule has 48 valence electrons. The van der Waals surface area contributed by atoms with Crippen molar-refractivity contribution in [3.63, 3.8) is 0 Å². The van der Waals surface area contributed by atoms with Crippen LogP contribution >= 0.6 is 0 Å². The Bertz CT molecular complexity index is 57.5. The highest BCUT2D eigenvalue weighted by Gasteiger charge is 2.10. The molecule has 0 amide bonds. The topological polar surface area (TPSA) is 39.7 Å². The Morgan fingerprint density at radius 3 is 2.75 bits per heavy atom. The van der Waals surface area contributed by atoms with Crippen molar-refractivity contribution in [1.82, 2.24) is 5.32 Å². The third kappa shape index (κ3) is 1.46. The Labute approximate surface area is 50.4 Å². The fourth-order valence-corrected chi connectivity index (χ4v) is 1.17. The van der Waals surface area contributed by atoms with Crippen LogP contribution in [0.25, 0.3) is 0 Å². The molecular weight excluding hydrogens is 100 g/mol. The molecule has 0 spiro atoms. The first-order valence-corrected chi connectivity index (χ1v) is 3.46. The molecular formula is C6H15N2+. The van der Waals surface area contributed by atoms with Crippen LogP contribution in [0.2, 0.25) is 0 Å². The van der Waals surface area contributed by atoms with Crippen molar-refractivity contribution in [3.05, 3.63) is 0 Å². The normalized spacial score (nSPS) is 30.4. The summed E-state index contributed by atoms with van der Waals surface area (Å²) in [5.74, 6) is 0. The summed E-state index contributed by atoms with van der Waals surface area (Å²) in [7, 11) is 0. The minimum Gasteiger partial charge on any atom is -0.356 e. The van der Waals surface area contributed by atoms with Gasteiger partial charge in [0.15, 0.2) is 0 Å². The van der Waals surface area contributed by atoms with Crippen molar-refractivity contribution in [3.8, 4) is 0 Å². The van der Waals surface area contributed by atoms with Crippen LogP contribution in [0.4, 0.5) is 0 Å². The molecule has 1 aliphatic rings. The summed E-state index contributed by atoms with van der Waals surface area (Å²) in [4.78, 5) is 0. The van der Waals surface area contributed by atoms with Crippen molar-refractivity contribution >= 4 is 0 Å². The van der Waals surface area contributed by atoms with E-state index in [1.165, 1.54) is 25.8 Å².